The molecular formula is C16H18N2O3. The predicted molar refractivity (Wildman–Crippen MR) is 79.0 cm³/mol. The van der Waals surface area contributed by atoms with Crippen LogP contribution in [-0.4, -0.2) is 38.1 Å². The van der Waals surface area contributed by atoms with Gasteiger partial charge in [-0.1, -0.05) is 0 Å². The van der Waals surface area contributed by atoms with Crippen molar-refractivity contribution >= 4 is 12.0 Å². The maximum atomic E-state index is 12.3. The Balaban J connectivity index is 2.31. The first-order valence-electron chi connectivity index (χ1n) is 6.82. The molecule has 1 aliphatic heterocycles. The van der Waals surface area contributed by atoms with Crippen LogP contribution in [0.4, 0.5) is 0 Å². The fourth-order valence-electron chi connectivity index (χ4n) is 2.33. The van der Waals surface area contributed by atoms with Crippen LogP contribution in [0.1, 0.15) is 18.4 Å². The van der Waals surface area contributed by atoms with Crippen molar-refractivity contribution in [3.8, 4) is 17.6 Å². The molecule has 0 atom stereocenters. The number of rotatable bonds is 4. The molecular weight excluding hydrogens is 268 g/mol. The van der Waals surface area contributed by atoms with Crippen molar-refractivity contribution in [3.05, 3.63) is 29.3 Å². The maximum absolute atomic E-state index is 12.3. The van der Waals surface area contributed by atoms with Crippen molar-refractivity contribution in [2.45, 2.75) is 12.8 Å². The van der Waals surface area contributed by atoms with Gasteiger partial charge in [-0.05, 0) is 31.1 Å². The van der Waals surface area contributed by atoms with Crippen molar-refractivity contribution in [2.75, 3.05) is 27.3 Å². The van der Waals surface area contributed by atoms with Crippen LogP contribution in [0, 0.1) is 11.3 Å². The van der Waals surface area contributed by atoms with Gasteiger partial charge in [0, 0.05) is 24.7 Å². The predicted octanol–water partition coefficient (Wildman–Crippen LogP) is 2.23. The van der Waals surface area contributed by atoms with Gasteiger partial charge in [0.1, 0.15) is 23.1 Å². The van der Waals surface area contributed by atoms with Gasteiger partial charge in [-0.2, -0.15) is 5.26 Å². The molecule has 1 heterocycles. The number of carbonyl (C=O) groups is 1. The summed E-state index contributed by atoms with van der Waals surface area (Å²) in [4.78, 5) is 14.0. The summed E-state index contributed by atoms with van der Waals surface area (Å²) >= 11 is 0. The minimum absolute atomic E-state index is 0.125. The number of hydrogen-bond acceptors (Lipinski definition) is 4. The third-order valence-electron chi connectivity index (χ3n) is 3.48. The first-order valence-corrected chi connectivity index (χ1v) is 6.82. The SMILES string of the molecule is COc1ccc(/C=C(/C#N)C(=O)N2CCCC2)c(OC)c1. The second-order valence-corrected chi connectivity index (χ2v) is 4.78. The smallest absolute Gasteiger partial charge is 0.264 e. The molecule has 1 aromatic rings. The van der Waals surface area contributed by atoms with Crippen molar-refractivity contribution < 1.29 is 14.3 Å². The number of carbonyl (C=O) groups excluding carboxylic acids is 1. The topological polar surface area (TPSA) is 62.6 Å². The van der Waals surface area contributed by atoms with Gasteiger partial charge in [-0.25, -0.2) is 0 Å². The number of nitriles is 1. The molecule has 0 aromatic heterocycles. The second-order valence-electron chi connectivity index (χ2n) is 4.78. The molecule has 21 heavy (non-hydrogen) atoms. The Labute approximate surface area is 124 Å². The number of likely N-dealkylation sites (tertiary alicyclic amines) is 1. The molecule has 1 aliphatic rings. The third kappa shape index (κ3) is 3.34. The molecule has 1 fully saturated rings. The van der Waals surface area contributed by atoms with Crippen molar-refractivity contribution in [3.63, 3.8) is 0 Å². The Morgan fingerprint density at radius 1 is 1.29 bits per heavy atom. The van der Waals surface area contributed by atoms with Gasteiger partial charge in [0.2, 0.25) is 0 Å². The van der Waals surface area contributed by atoms with Crippen LogP contribution in [-0.2, 0) is 4.79 Å². The Hall–Kier alpha value is -2.48. The normalized spacial score (nSPS) is 14.7. The summed E-state index contributed by atoms with van der Waals surface area (Å²) < 4.78 is 10.4. The lowest BCUT2D eigenvalue weighted by molar-refractivity contribution is -0.125. The Morgan fingerprint density at radius 3 is 2.57 bits per heavy atom. The second kappa shape index (κ2) is 6.80. The lowest BCUT2D eigenvalue weighted by Crippen LogP contribution is -2.28. The van der Waals surface area contributed by atoms with Crippen molar-refractivity contribution in [2.24, 2.45) is 0 Å². The first-order chi connectivity index (χ1) is 10.2. The van der Waals surface area contributed by atoms with E-state index < -0.39 is 0 Å². The van der Waals surface area contributed by atoms with E-state index >= 15 is 0 Å². The Morgan fingerprint density at radius 2 is 2.00 bits per heavy atom. The van der Waals surface area contributed by atoms with Crippen LogP contribution in [0.15, 0.2) is 23.8 Å². The highest BCUT2D eigenvalue weighted by molar-refractivity contribution is 6.02. The highest BCUT2D eigenvalue weighted by Gasteiger charge is 2.21. The van der Waals surface area contributed by atoms with Crippen LogP contribution in [0.3, 0.4) is 0 Å². The number of hydrogen-bond donors (Lipinski definition) is 0. The minimum atomic E-state index is -0.215. The van der Waals surface area contributed by atoms with Crippen LogP contribution in [0.5, 0.6) is 11.5 Å². The summed E-state index contributed by atoms with van der Waals surface area (Å²) in [5.41, 5.74) is 0.808. The summed E-state index contributed by atoms with van der Waals surface area (Å²) in [5.74, 6) is 1.01. The molecule has 2 rings (SSSR count). The quantitative estimate of drug-likeness (QED) is 0.629. The molecule has 5 heteroatoms. The molecule has 0 bridgehead atoms. The fraction of sp³-hybridized carbons (Fsp3) is 0.375. The van der Waals surface area contributed by atoms with Gasteiger partial charge < -0.3 is 14.4 Å². The van der Waals surface area contributed by atoms with E-state index in [0.717, 1.165) is 25.9 Å². The fourth-order valence-corrected chi connectivity index (χ4v) is 2.33. The number of benzene rings is 1. The Kier molecular flexibility index (Phi) is 4.83. The highest BCUT2D eigenvalue weighted by Crippen LogP contribution is 2.27. The maximum Gasteiger partial charge on any atom is 0.264 e. The average Bonchev–Trinajstić information content (AvgIpc) is 3.06. The summed E-state index contributed by atoms with van der Waals surface area (Å²) in [6.07, 6.45) is 3.56. The number of methoxy groups -OCH3 is 2. The lowest BCUT2D eigenvalue weighted by atomic mass is 10.1. The van der Waals surface area contributed by atoms with Gasteiger partial charge in [0.25, 0.3) is 5.91 Å². The molecule has 0 saturated carbocycles. The van der Waals surface area contributed by atoms with E-state index in [2.05, 4.69) is 0 Å². The number of ether oxygens (including phenoxy) is 2. The monoisotopic (exact) mass is 286 g/mol. The Bertz CT molecular complexity index is 596. The van der Waals surface area contributed by atoms with Gasteiger partial charge in [-0.3, -0.25) is 4.79 Å². The summed E-state index contributed by atoms with van der Waals surface area (Å²) in [7, 11) is 3.11. The molecule has 0 radical (unpaired) electrons. The molecule has 110 valence electrons. The van der Waals surface area contributed by atoms with E-state index in [0.29, 0.717) is 17.1 Å². The van der Waals surface area contributed by atoms with Gasteiger partial charge >= 0.3 is 0 Å². The van der Waals surface area contributed by atoms with E-state index in [-0.39, 0.29) is 11.5 Å². The van der Waals surface area contributed by atoms with Crippen molar-refractivity contribution in [1.82, 2.24) is 4.90 Å². The third-order valence-corrected chi connectivity index (χ3v) is 3.48. The number of amides is 1. The molecule has 0 spiro atoms. The zero-order valence-electron chi connectivity index (χ0n) is 12.3. The zero-order valence-corrected chi connectivity index (χ0v) is 12.3. The average molecular weight is 286 g/mol. The van der Waals surface area contributed by atoms with Gasteiger partial charge in [-0.15, -0.1) is 0 Å². The van der Waals surface area contributed by atoms with E-state index in [4.69, 9.17) is 9.47 Å². The molecule has 1 aromatic carbocycles. The van der Waals surface area contributed by atoms with Crippen LogP contribution >= 0.6 is 0 Å². The van der Waals surface area contributed by atoms with Crippen LogP contribution < -0.4 is 9.47 Å². The molecule has 1 saturated heterocycles. The van der Waals surface area contributed by atoms with Crippen LogP contribution in [0.25, 0.3) is 6.08 Å². The van der Waals surface area contributed by atoms with Gasteiger partial charge in [0.15, 0.2) is 0 Å². The largest absolute Gasteiger partial charge is 0.497 e. The summed E-state index contributed by atoms with van der Waals surface area (Å²) in [5, 5.41) is 9.25. The standard InChI is InChI=1S/C16H18N2O3/c1-20-14-6-5-12(15(10-14)21-2)9-13(11-17)16(19)18-7-3-4-8-18/h5-6,9-10H,3-4,7-8H2,1-2H3/b13-9-. The van der Waals surface area contributed by atoms with E-state index in [9.17, 15) is 10.1 Å². The highest BCUT2D eigenvalue weighted by atomic mass is 16.5. The zero-order chi connectivity index (χ0) is 15.2. The van der Waals surface area contributed by atoms with E-state index in [1.807, 2.05) is 6.07 Å². The lowest BCUT2D eigenvalue weighted by Gasteiger charge is -2.14. The van der Waals surface area contributed by atoms with Gasteiger partial charge in [0.05, 0.1) is 14.2 Å². The minimum Gasteiger partial charge on any atom is -0.497 e. The molecule has 0 unspecified atom stereocenters. The molecule has 5 nitrogen and oxygen atoms in total. The van der Waals surface area contributed by atoms with E-state index in [1.54, 1.807) is 43.4 Å². The molecule has 1 amide bonds. The van der Waals surface area contributed by atoms with Crippen molar-refractivity contribution in [1.29, 1.82) is 5.26 Å². The summed E-state index contributed by atoms with van der Waals surface area (Å²) in [6, 6.07) is 7.25. The number of nitrogens with zero attached hydrogens (tertiary/aromatic N) is 2. The molecule has 0 aliphatic carbocycles. The first kappa shape index (κ1) is 14.9. The van der Waals surface area contributed by atoms with Crippen LogP contribution in [0.2, 0.25) is 0 Å². The molecule has 0 N–H and O–H groups in total. The summed E-state index contributed by atoms with van der Waals surface area (Å²) in [6.45, 7) is 1.44. The van der Waals surface area contributed by atoms with E-state index in [1.165, 1.54) is 0 Å².